The van der Waals surface area contributed by atoms with E-state index in [1.165, 1.54) is 29.2 Å². The number of carbonyl (C=O) groups is 2. The van der Waals surface area contributed by atoms with Crippen LogP contribution < -0.4 is 10.6 Å². The van der Waals surface area contributed by atoms with Crippen molar-refractivity contribution in [2.24, 2.45) is 5.92 Å². The summed E-state index contributed by atoms with van der Waals surface area (Å²) in [5.41, 5.74) is -0.285. The highest BCUT2D eigenvalue weighted by molar-refractivity contribution is 6.30. The summed E-state index contributed by atoms with van der Waals surface area (Å²) in [5, 5.41) is 25.4. The van der Waals surface area contributed by atoms with Crippen molar-refractivity contribution >= 4 is 29.5 Å². The molecule has 1 aromatic carbocycles. The number of amides is 2. The van der Waals surface area contributed by atoms with Gasteiger partial charge in [0, 0.05) is 35.5 Å². The summed E-state index contributed by atoms with van der Waals surface area (Å²) in [6, 6.07) is 4.57. The number of nitriles is 1. The van der Waals surface area contributed by atoms with Gasteiger partial charge in [0.15, 0.2) is 0 Å². The van der Waals surface area contributed by atoms with Gasteiger partial charge in [0.2, 0.25) is 11.8 Å². The first kappa shape index (κ1) is 27.1. The van der Waals surface area contributed by atoms with Crippen molar-refractivity contribution in [2.45, 2.75) is 70.1 Å². The summed E-state index contributed by atoms with van der Waals surface area (Å²) in [7, 11) is 0. The van der Waals surface area contributed by atoms with E-state index in [1.54, 1.807) is 0 Å². The van der Waals surface area contributed by atoms with Crippen LogP contribution in [0.1, 0.15) is 45.6 Å². The minimum Gasteiger partial charge on any atom is -0.378 e. The van der Waals surface area contributed by atoms with E-state index in [1.807, 2.05) is 20.8 Å². The highest BCUT2D eigenvalue weighted by atomic mass is 35.5. The molecule has 190 valence electrons. The molecule has 2 aliphatic rings. The Bertz CT molecular complexity index is 1010. The third-order valence-electron chi connectivity index (χ3n) is 6.06. The fourth-order valence-electron chi connectivity index (χ4n) is 4.47. The second-order valence-electron chi connectivity index (χ2n) is 9.97. The zero-order valence-corrected chi connectivity index (χ0v) is 20.9. The number of aliphatic hydroxyl groups is 1. The SMILES string of the molecule is CC(C)(C)OC1CC(C(=O)NC(C#N)CC2CCNC2O)N(C(=O)/C=C/c2ccc(Cl)cc2F)C1. The first-order valence-electron chi connectivity index (χ1n) is 11.7. The average molecular weight is 507 g/mol. The van der Waals surface area contributed by atoms with Crippen molar-refractivity contribution in [3.63, 3.8) is 0 Å². The quantitative estimate of drug-likeness (QED) is 0.490. The van der Waals surface area contributed by atoms with E-state index in [-0.39, 0.29) is 35.6 Å². The van der Waals surface area contributed by atoms with Gasteiger partial charge in [-0.2, -0.15) is 5.26 Å². The molecule has 2 heterocycles. The maximum atomic E-state index is 14.1. The molecule has 0 radical (unpaired) electrons. The number of ether oxygens (including phenoxy) is 1. The van der Waals surface area contributed by atoms with Gasteiger partial charge in [-0.05, 0) is 58.4 Å². The van der Waals surface area contributed by atoms with Crippen LogP contribution in [0.3, 0.4) is 0 Å². The molecule has 0 bridgehead atoms. The van der Waals surface area contributed by atoms with Gasteiger partial charge in [-0.15, -0.1) is 0 Å². The molecule has 1 aromatic rings. The molecule has 0 aliphatic carbocycles. The number of nitrogens with zero attached hydrogens (tertiary/aromatic N) is 2. The summed E-state index contributed by atoms with van der Waals surface area (Å²) in [5.74, 6) is -1.64. The van der Waals surface area contributed by atoms with Crippen LogP contribution in [-0.4, -0.2) is 64.9 Å². The third kappa shape index (κ3) is 7.48. The van der Waals surface area contributed by atoms with Gasteiger partial charge in [0.1, 0.15) is 24.1 Å². The lowest BCUT2D eigenvalue weighted by Crippen LogP contribution is -2.48. The first-order valence-corrected chi connectivity index (χ1v) is 12.1. The van der Waals surface area contributed by atoms with E-state index < -0.39 is 41.5 Å². The molecule has 8 nitrogen and oxygen atoms in total. The molecule has 2 amide bonds. The first-order chi connectivity index (χ1) is 16.5. The minimum atomic E-state index is -0.850. The fraction of sp³-hybridized carbons (Fsp3) is 0.560. The van der Waals surface area contributed by atoms with E-state index in [2.05, 4.69) is 16.7 Å². The van der Waals surface area contributed by atoms with Crippen LogP contribution in [-0.2, 0) is 14.3 Å². The number of likely N-dealkylation sites (tertiary alicyclic amines) is 1. The van der Waals surface area contributed by atoms with E-state index in [4.69, 9.17) is 16.3 Å². The largest absolute Gasteiger partial charge is 0.378 e. The molecule has 0 spiro atoms. The Balaban J connectivity index is 1.73. The number of benzene rings is 1. The van der Waals surface area contributed by atoms with Gasteiger partial charge in [0.25, 0.3) is 0 Å². The highest BCUT2D eigenvalue weighted by Gasteiger charge is 2.41. The van der Waals surface area contributed by atoms with E-state index in [0.717, 1.165) is 6.07 Å². The summed E-state index contributed by atoms with van der Waals surface area (Å²) in [6.07, 6.45) is 2.74. The average Bonchev–Trinajstić information content (AvgIpc) is 3.37. The minimum absolute atomic E-state index is 0.143. The Morgan fingerprint density at radius 3 is 2.80 bits per heavy atom. The lowest BCUT2D eigenvalue weighted by Gasteiger charge is -2.25. The Hall–Kier alpha value is -2.51. The maximum absolute atomic E-state index is 14.1. The highest BCUT2D eigenvalue weighted by Crippen LogP contribution is 2.26. The molecule has 5 atom stereocenters. The number of halogens is 2. The predicted octanol–water partition coefficient (Wildman–Crippen LogP) is 2.60. The zero-order valence-electron chi connectivity index (χ0n) is 20.1. The third-order valence-corrected chi connectivity index (χ3v) is 6.30. The summed E-state index contributed by atoms with van der Waals surface area (Å²) in [4.78, 5) is 27.6. The monoisotopic (exact) mass is 506 g/mol. The van der Waals surface area contributed by atoms with Crippen molar-refractivity contribution in [3.05, 3.63) is 40.7 Å². The number of rotatable bonds is 7. The van der Waals surface area contributed by atoms with E-state index >= 15 is 0 Å². The molecule has 2 aliphatic heterocycles. The molecule has 0 aromatic heterocycles. The van der Waals surface area contributed by atoms with Gasteiger partial charge in [-0.1, -0.05) is 17.7 Å². The molecular formula is C25H32ClFN4O4. The van der Waals surface area contributed by atoms with Gasteiger partial charge in [-0.25, -0.2) is 4.39 Å². The summed E-state index contributed by atoms with van der Waals surface area (Å²) >= 11 is 5.78. The molecule has 35 heavy (non-hydrogen) atoms. The van der Waals surface area contributed by atoms with Crippen molar-refractivity contribution in [2.75, 3.05) is 13.1 Å². The fourth-order valence-corrected chi connectivity index (χ4v) is 4.63. The molecule has 0 saturated carbocycles. The lowest BCUT2D eigenvalue weighted by molar-refractivity contribution is -0.135. The summed E-state index contributed by atoms with van der Waals surface area (Å²) < 4.78 is 20.1. The Morgan fingerprint density at radius 2 is 2.20 bits per heavy atom. The number of aliphatic hydroxyl groups excluding tert-OH is 1. The molecule has 2 saturated heterocycles. The number of hydrogen-bond donors (Lipinski definition) is 3. The Kier molecular flexibility index (Phi) is 8.89. The summed E-state index contributed by atoms with van der Waals surface area (Å²) in [6.45, 7) is 6.51. The maximum Gasteiger partial charge on any atom is 0.247 e. The second-order valence-corrected chi connectivity index (χ2v) is 10.4. The molecular weight excluding hydrogens is 475 g/mol. The van der Waals surface area contributed by atoms with Crippen LogP contribution in [0.25, 0.3) is 6.08 Å². The van der Waals surface area contributed by atoms with Crippen molar-refractivity contribution < 1.29 is 23.8 Å². The van der Waals surface area contributed by atoms with Crippen molar-refractivity contribution in [3.8, 4) is 6.07 Å². The molecule has 3 rings (SSSR count). The van der Waals surface area contributed by atoms with Gasteiger partial charge in [-0.3, -0.25) is 14.9 Å². The zero-order chi connectivity index (χ0) is 25.8. The smallest absolute Gasteiger partial charge is 0.247 e. The van der Waals surface area contributed by atoms with Crippen LogP contribution in [0.4, 0.5) is 4.39 Å². The standard InChI is InChI=1S/C25H32ClFN4O4/c1-25(2,3)35-19-12-21(24(34)30-18(13-28)10-16-8-9-29-23(16)33)31(14-19)22(32)7-5-15-4-6-17(26)11-20(15)27/h4-7,11,16,18-19,21,23,29,33H,8-10,12,14H2,1-3H3,(H,30,34)/b7-5+. The number of nitrogens with one attached hydrogen (secondary N) is 2. The number of carbonyl (C=O) groups excluding carboxylic acids is 2. The van der Waals surface area contributed by atoms with Gasteiger partial charge >= 0.3 is 0 Å². The second kappa shape index (κ2) is 11.5. The normalized spacial score (nSPS) is 25.6. The molecule has 2 fully saturated rings. The van der Waals surface area contributed by atoms with Crippen LogP contribution >= 0.6 is 11.6 Å². The van der Waals surface area contributed by atoms with E-state index in [0.29, 0.717) is 19.4 Å². The predicted molar refractivity (Wildman–Crippen MR) is 129 cm³/mol. The van der Waals surface area contributed by atoms with Crippen LogP contribution in [0.5, 0.6) is 0 Å². The van der Waals surface area contributed by atoms with Crippen LogP contribution in [0.2, 0.25) is 5.02 Å². The Labute approximate surface area is 210 Å². The molecule has 3 N–H and O–H groups in total. The van der Waals surface area contributed by atoms with Gasteiger partial charge < -0.3 is 20.1 Å². The number of hydrogen-bond acceptors (Lipinski definition) is 6. The molecule has 10 heteroatoms. The van der Waals surface area contributed by atoms with Gasteiger partial charge in [0.05, 0.1) is 17.8 Å². The van der Waals surface area contributed by atoms with E-state index in [9.17, 15) is 24.3 Å². The topological polar surface area (TPSA) is 115 Å². The van der Waals surface area contributed by atoms with Crippen LogP contribution in [0.15, 0.2) is 24.3 Å². The van der Waals surface area contributed by atoms with Crippen molar-refractivity contribution in [1.29, 1.82) is 5.26 Å². The lowest BCUT2D eigenvalue weighted by atomic mass is 9.98. The van der Waals surface area contributed by atoms with Crippen LogP contribution in [0, 0.1) is 23.1 Å². The van der Waals surface area contributed by atoms with Crippen molar-refractivity contribution in [1.82, 2.24) is 15.5 Å². The molecule has 5 unspecified atom stereocenters. The Morgan fingerprint density at radius 1 is 1.46 bits per heavy atom.